The molecule has 2 aliphatic heterocycles. The van der Waals surface area contributed by atoms with Crippen molar-refractivity contribution >= 4 is 35.5 Å². The molecule has 1 unspecified atom stereocenters. The van der Waals surface area contributed by atoms with E-state index in [-0.39, 0.29) is 18.1 Å². The lowest BCUT2D eigenvalue weighted by Gasteiger charge is -2.49. The molecular weight excluding hydrogens is 398 g/mol. The Kier molecular flexibility index (Phi) is 5.89. The Hall–Kier alpha value is -3.32. The van der Waals surface area contributed by atoms with Crippen LogP contribution in [0.3, 0.4) is 0 Å². The van der Waals surface area contributed by atoms with Gasteiger partial charge in [0, 0.05) is 18.2 Å². The standard InChI is InChI=1S/C19H17N3O6S/c1-10(23)28-8-12-9-29-18-14(17(25)22(18)15(12)19(26)27)21-16(24)13(7-20)11-5-3-2-4-6-11/h2-6,13-14,18H,8-9H2,1H3,(H,21,24)(H,26,27)/t13?,14-,18-/m1/s1. The molecule has 1 saturated heterocycles. The fraction of sp³-hybridized carbons (Fsp3) is 0.316. The van der Waals surface area contributed by atoms with Gasteiger partial charge in [0.15, 0.2) is 0 Å². The maximum absolute atomic E-state index is 12.6. The van der Waals surface area contributed by atoms with Gasteiger partial charge in [-0.25, -0.2) is 4.79 Å². The molecule has 29 heavy (non-hydrogen) atoms. The largest absolute Gasteiger partial charge is 0.477 e. The minimum absolute atomic E-state index is 0.220. The minimum atomic E-state index is -1.31. The van der Waals surface area contributed by atoms with Gasteiger partial charge in [-0.15, -0.1) is 11.8 Å². The molecule has 10 heteroatoms. The number of hydrogen-bond donors (Lipinski definition) is 2. The van der Waals surface area contributed by atoms with Crippen LogP contribution in [0.15, 0.2) is 41.6 Å². The molecule has 150 valence electrons. The molecule has 0 aromatic heterocycles. The van der Waals surface area contributed by atoms with Crippen LogP contribution >= 0.6 is 11.8 Å². The Morgan fingerprint density at radius 2 is 2.07 bits per heavy atom. The molecule has 9 nitrogen and oxygen atoms in total. The number of β-lactam (4-membered cyclic amide) rings is 1. The summed E-state index contributed by atoms with van der Waals surface area (Å²) in [7, 11) is 0. The normalized spacial score (nSPS) is 21.4. The average molecular weight is 415 g/mol. The van der Waals surface area contributed by atoms with E-state index in [9.17, 15) is 29.5 Å². The van der Waals surface area contributed by atoms with E-state index < -0.39 is 41.1 Å². The maximum atomic E-state index is 12.6. The Morgan fingerprint density at radius 3 is 2.66 bits per heavy atom. The number of esters is 1. The molecular formula is C19H17N3O6S. The molecule has 0 saturated carbocycles. The lowest BCUT2D eigenvalue weighted by molar-refractivity contribution is -0.151. The highest BCUT2D eigenvalue weighted by molar-refractivity contribution is 8.00. The highest BCUT2D eigenvalue weighted by atomic mass is 32.2. The molecule has 3 atom stereocenters. The number of nitrogens with one attached hydrogen (secondary N) is 1. The van der Waals surface area contributed by atoms with E-state index >= 15 is 0 Å². The van der Waals surface area contributed by atoms with Crippen LogP contribution in [-0.2, 0) is 23.9 Å². The molecule has 1 aromatic carbocycles. The van der Waals surface area contributed by atoms with Crippen molar-refractivity contribution in [1.29, 1.82) is 5.26 Å². The van der Waals surface area contributed by atoms with Crippen LogP contribution in [0.25, 0.3) is 0 Å². The number of fused-ring (bicyclic) bond motifs is 1. The number of rotatable bonds is 6. The van der Waals surface area contributed by atoms with Gasteiger partial charge in [0.1, 0.15) is 29.6 Å². The number of hydrogen-bond acceptors (Lipinski definition) is 7. The van der Waals surface area contributed by atoms with Gasteiger partial charge in [-0.1, -0.05) is 30.3 Å². The van der Waals surface area contributed by atoms with Gasteiger partial charge in [0.2, 0.25) is 5.91 Å². The second kappa shape index (κ2) is 8.36. The van der Waals surface area contributed by atoms with Gasteiger partial charge >= 0.3 is 11.9 Å². The van der Waals surface area contributed by atoms with Crippen molar-refractivity contribution in [2.45, 2.75) is 24.3 Å². The van der Waals surface area contributed by atoms with E-state index in [1.165, 1.54) is 18.7 Å². The highest BCUT2D eigenvalue weighted by Crippen LogP contribution is 2.40. The third-order valence-electron chi connectivity index (χ3n) is 4.52. The number of nitrogens with zero attached hydrogens (tertiary/aromatic N) is 2. The Labute approximate surface area is 170 Å². The summed E-state index contributed by atoms with van der Waals surface area (Å²) in [4.78, 5) is 48.9. The lowest BCUT2D eigenvalue weighted by atomic mass is 9.97. The first-order chi connectivity index (χ1) is 13.8. The Morgan fingerprint density at radius 1 is 1.38 bits per heavy atom. The number of carbonyl (C=O) groups excluding carboxylic acids is 3. The zero-order chi connectivity index (χ0) is 21.1. The van der Waals surface area contributed by atoms with Crippen molar-refractivity contribution in [2.24, 2.45) is 0 Å². The Balaban J connectivity index is 1.75. The van der Waals surface area contributed by atoms with E-state index in [0.29, 0.717) is 11.1 Å². The summed E-state index contributed by atoms with van der Waals surface area (Å²) < 4.78 is 4.87. The van der Waals surface area contributed by atoms with Crippen molar-refractivity contribution in [1.82, 2.24) is 10.2 Å². The van der Waals surface area contributed by atoms with Gasteiger partial charge in [-0.3, -0.25) is 19.3 Å². The summed E-state index contributed by atoms with van der Waals surface area (Å²) in [5, 5.41) is 20.9. The number of benzene rings is 1. The molecule has 0 spiro atoms. The minimum Gasteiger partial charge on any atom is -0.477 e. The first-order valence-electron chi connectivity index (χ1n) is 8.63. The molecule has 3 rings (SSSR count). The zero-order valence-corrected chi connectivity index (χ0v) is 16.1. The van der Waals surface area contributed by atoms with E-state index in [1.54, 1.807) is 30.3 Å². The molecule has 0 radical (unpaired) electrons. The highest BCUT2D eigenvalue weighted by Gasteiger charge is 2.54. The van der Waals surface area contributed by atoms with Crippen LogP contribution in [0.2, 0.25) is 0 Å². The van der Waals surface area contributed by atoms with Crippen molar-refractivity contribution in [2.75, 3.05) is 12.4 Å². The maximum Gasteiger partial charge on any atom is 0.352 e. The van der Waals surface area contributed by atoms with Gasteiger partial charge in [0.25, 0.3) is 5.91 Å². The van der Waals surface area contributed by atoms with E-state index in [2.05, 4.69) is 5.32 Å². The van der Waals surface area contributed by atoms with Gasteiger partial charge in [0.05, 0.1) is 6.07 Å². The second-order valence-corrected chi connectivity index (χ2v) is 7.51. The number of aliphatic carboxylic acids is 1. The topological polar surface area (TPSA) is 137 Å². The van der Waals surface area contributed by atoms with Crippen molar-refractivity contribution in [3.05, 3.63) is 47.2 Å². The number of thioether (sulfide) groups is 1. The summed E-state index contributed by atoms with van der Waals surface area (Å²) in [5.41, 5.74) is 0.582. The predicted molar refractivity (Wildman–Crippen MR) is 101 cm³/mol. The van der Waals surface area contributed by atoms with Crippen molar-refractivity contribution in [3.63, 3.8) is 0 Å². The van der Waals surface area contributed by atoms with E-state index in [4.69, 9.17) is 4.74 Å². The third kappa shape index (κ3) is 3.95. The molecule has 2 amide bonds. The van der Waals surface area contributed by atoms with E-state index in [0.717, 1.165) is 4.90 Å². The van der Waals surface area contributed by atoms with E-state index in [1.807, 2.05) is 6.07 Å². The van der Waals surface area contributed by atoms with Gasteiger partial charge in [-0.2, -0.15) is 5.26 Å². The molecule has 2 N–H and O–H groups in total. The molecule has 1 fully saturated rings. The lowest BCUT2D eigenvalue weighted by Crippen LogP contribution is -2.70. The third-order valence-corrected chi connectivity index (χ3v) is 5.86. The number of nitriles is 1. The zero-order valence-electron chi connectivity index (χ0n) is 15.3. The summed E-state index contributed by atoms with van der Waals surface area (Å²) in [5.74, 6) is -3.92. The molecule has 0 bridgehead atoms. The summed E-state index contributed by atoms with van der Waals surface area (Å²) >= 11 is 1.26. The Bertz CT molecular complexity index is 939. The predicted octanol–water partition coefficient (Wildman–Crippen LogP) is 0.595. The summed E-state index contributed by atoms with van der Waals surface area (Å²) in [6.45, 7) is 0.987. The fourth-order valence-electron chi connectivity index (χ4n) is 3.15. The molecule has 1 aromatic rings. The first kappa shape index (κ1) is 20.4. The molecule has 2 heterocycles. The monoisotopic (exact) mass is 415 g/mol. The number of carboxylic acids is 1. The number of ether oxygens (including phenoxy) is 1. The van der Waals surface area contributed by atoms with Crippen LogP contribution in [0.4, 0.5) is 0 Å². The van der Waals surface area contributed by atoms with Crippen LogP contribution in [0.5, 0.6) is 0 Å². The second-order valence-electron chi connectivity index (χ2n) is 6.41. The summed E-state index contributed by atoms with van der Waals surface area (Å²) in [6.07, 6.45) is 0. The first-order valence-corrected chi connectivity index (χ1v) is 9.68. The van der Waals surface area contributed by atoms with Gasteiger partial charge in [-0.05, 0) is 5.56 Å². The number of carbonyl (C=O) groups is 4. The molecule has 0 aliphatic carbocycles. The van der Waals surface area contributed by atoms with Crippen LogP contribution in [0.1, 0.15) is 18.4 Å². The fourth-order valence-corrected chi connectivity index (χ4v) is 4.48. The van der Waals surface area contributed by atoms with Crippen LogP contribution in [-0.4, -0.2) is 57.5 Å². The smallest absolute Gasteiger partial charge is 0.352 e. The number of carboxylic acid groups (broad SMARTS) is 1. The molecule has 2 aliphatic rings. The SMILES string of the molecule is CC(=O)OCC1=C(C(=O)O)N2C(=O)[C@@H](NC(=O)C(C#N)c3ccccc3)[C@H]2SC1. The quantitative estimate of drug-likeness (QED) is 0.509. The van der Waals surface area contributed by atoms with Crippen molar-refractivity contribution in [3.8, 4) is 6.07 Å². The van der Waals surface area contributed by atoms with Crippen LogP contribution < -0.4 is 5.32 Å². The summed E-state index contributed by atoms with van der Waals surface area (Å²) in [6, 6.07) is 9.44. The van der Waals surface area contributed by atoms with Gasteiger partial charge < -0.3 is 15.2 Å². The van der Waals surface area contributed by atoms with Crippen molar-refractivity contribution < 1.29 is 29.0 Å². The number of amides is 2. The van der Waals surface area contributed by atoms with Crippen LogP contribution in [0, 0.1) is 11.3 Å². The average Bonchev–Trinajstić information content (AvgIpc) is 2.70.